The minimum atomic E-state index is -0.189. The van der Waals surface area contributed by atoms with Crippen LogP contribution >= 0.6 is 11.8 Å². The van der Waals surface area contributed by atoms with Crippen molar-refractivity contribution >= 4 is 23.5 Å². The zero-order valence-corrected chi connectivity index (χ0v) is 18.3. The summed E-state index contributed by atoms with van der Waals surface area (Å²) in [6, 6.07) is 5.61. The van der Waals surface area contributed by atoms with Crippen molar-refractivity contribution in [1.82, 2.24) is 20.2 Å². The summed E-state index contributed by atoms with van der Waals surface area (Å²) in [4.78, 5) is 25.7. The molecule has 0 aliphatic rings. The number of anilines is 1. The van der Waals surface area contributed by atoms with Crippen LogP contribution in [0.15, 0.2) is 27.8 Å². The molecule has 2 rings (SSSR count). The third-order valence-electron chi connectivity index (χ3n) is 4.27. The number of hydrogen-bond acceptors (Lipinski definition) is 7. The average molecular weight is 406 g/mol. The predicted octanol–water partition coefficient (Wildman–Crippen LogP) is 3.06. The Labute approximate surface area is 171 Å². The summed E-state index contributed by atoms with van der Waals surface area (Å²) in [5.74, 6) is 2.42. The second kappa shape index (κ2) is 11.1. The van der Waals surface area contributed by atoms with Crippen molar-refractivity contribution in [3.8, 4) is 0 Å². The van der Waals surface area contributed by atoms with Crippen molar-refractivity contribution in [2.24, 2.45) is 0 Å². The molecule has 1 amide bonds. The van der Waals surface area contributed by atoms with E-state index in [9.17, 15) is 4.79 Å². The highest BCUT2D eigenvalue weighted by Crippen LogP contribution is 2.24. The lowest BCUT2D eigenvalue weighted by Crippen LogP contribution is -2.31. The highest BCUT2D eigenvalue weighted by Gasteiger charge is 2.13. The number of carbonyl (C=O) groups excluding carboxylic acids is 1. The minimum Gasteiger partial charge on any atom is -0.455 e. The number of amides is 1. The Morgan fingerprint density at radius 3 is 2.57 bits per heavy atom. The summed E-state index contributed by atoms with van der Waals surface area (Å²) in [5, 5.41) is 3.59. The molecular formula is C20H31N5O2S. The Kier molecular flexibility index (Phi) is 8.79. The molecular weight excluding hydrogens is 374 g/mol. The van der Waals surface area contributed by atoms with Crippen LogP contribution in [0.1, 0.15) is 42.8 Å². The van der Waals surface area contributed by atoms with Crippen LogP contribution in [0.5, 0.6) is 0 Å². The summed E-state index contributed by atoms with van der Waals surface area (Å²) < 4.78 is 5.69. The van der Waals surface area contributed by atoms with Gasteiger partial charge in [0, 0.05) is 37.9 Å². The first kappa shape index (κ1) is 22.2. The van der Waals surface area contributed by atoms with Crippen LogP contribution in [0, 0.1) is 0 Å². The van der Waals surface area contributed by atoms with Gasteiger partial charge in [-0.05, 0) is 46.5 Å². The van der Waals surface area contributed by atoms with Crippen molar-refractivity contribution in [3.05, 3.63) is 35.4 Å². The van der Waals surface area contributed by atoms with E-state index >= 15 is 0 Å². The monoisotopic (exact) mass is 405 g/mol. The van der Waals surface area contributed by atoms with Gasteiger partial charge in [-0.15, -0.1) is 0 Å². The summed E-state index contributed by atoms with van der Waals surface area (Å²) in [6.07, 6.45) is 0.863. The number of aromatic nitrogens is 2. The third kappa shape index (κ3) is 6.53. The van der Waals surface area contributed by atoms with Crippen molar-refractivity contribution in [2.45, 2.75) is 38.1 Å². The van der Waals surface area contributed by atoms with Gasteiger partial charge in [-0.3, -0.25) is 4.79 Å². The maximum atomic E-state index is 12.1. The van der Waals surface area contributed by atoms with Crippen molar-refractivity contribution in [2.75, 3.05) is 45.2 Å². The number of aryl methyl sites for hydroxylation is 1. The maximum absolute atomic E-state index is 12.1. The Bertz CT molecular complexity index is 759. The third-order valence-corrected chi connectivity index (χ3v) is 5.14. The predicted molar refractivity (Wildman–Crippen MR) is 114 cm³/mol. The van der Waals surface area contributed by atoms with E-state index in [-0.39, 0.29) is 5.91 Å². The first-order valence-electron chi connectivity index (χ1n) is 9.74. The van der Waals surface area contributed by atoms with Gasteiger partial charge in [0.25, 0.3) is 5.91 Å². The molecule has 0 unspecified atom stereocenters. The molecule has 0 aromatic carbocycles. The van der Waals surface area contributed by atoms with Gasteiger partial charge in [0.05, 0.1) is 5.75 Å². The maximum Gasteiger partial charge on any atom is 0.287 e. The molecule has 0 saturated carbocycles. The smallest absolute Gasteiger partial charge is 0.287 e. The van der Waals surface area contributed by atoms with Crippen molar-refractivity contribution < 1.29 is 9.21 Å². The molecule has 0 spiro atoms. The second-order valence-corrected chi connectivity index (χ2v) is 7.58. The summed E-state index contributed by atoms with van der Waals surface area (Å²) in [6.45, 7) is 9.53. The molecule has 2 aromatic heterocycles. The molecule has 2 heterocycles. The molecule has 0 aliphatic carbocycles. The Hall–Kier alpha value is -2.06. The van der Waals surface area contributed by atoms with Crippen molar-refractivity contribution in [1.29, 1.82) is 0 Å². The minimum absolute atomic E-state index is 0.189. The number of furan rings is 1. The molecule has 7 nitrogen and oxygen atoms in total. The summed E-state index contributed by atoms with van der Waals surface area (Å²) in [5.41, 5.74) is 1.03. The molecule has 2 aromatic rings. The first-order valence-corrected chi connectivity index (χ1v) is 10.7. The lowest BCUT2D eigenvalue weighted by atomic mass is 10.3. The topological polar surface area (TPSA) is 74.5 Å². The molecule has 0 saturated heterocycles. The van der Waals surface area contributed by atoms with E-state index in [1.807, 2.05) is 25.1 Å². The van der Waals surface area contributed by atoms with Crippen LogP contribution in [0.2, 0.25) is 0 Å². The fourth-order valence-corrected chi connectivity index (χ4v) is 3.37. The van der Waals surface area contributed by atoms with E-state index in [1.165, 1.54) is 11.8 Å². The number of rotatable bonds is 11. The van der Waals surface area contributed by atoms with Gasteiger partial charge in [0.1, 0.15) is 11.6 Å². The fourth-order valence-electron chi connectivity index (χ4n) is 2.61. The number of hydrogen-bond donors (Lipinski definition) is 1. The van der Waals surface area contributed by atoms with Crippen LogP contribution in [-0.2, 0) is 12.2 Å². The molecule has 0 fully saturated rings. The molecule has 154 valence electrons. The van der Waals surface area contributed by atoms with E-state index in [2.05, 4.69) is 47.0 Å². The van der Waals surface area contributed by atoms with Crippen LogP contribution in [0.25, 0.3) is 0 Å². The average Bonchev–Trinajstić information content (AvgIpc) is 3.16. The summed E-state index contributed by atoms with van der Waals surface area (Å²) in [7, 11) is 3.94. The number of likely N-dealkylation sites (N-methyl/N-ethyl adjacent to an activating group) is 1. The van der Waals surface area contributed by atoms with Gasteiger partial charge >= 0.3 is 0 Å². The molecule has 0 bridgehead atoms. The van der Waals surface area contributed by atoms with Crippen LogP contribution in [0.3, 0.4) is 0 Å². The van der Waals surface area contributed by atoms with Gasteiger partial charge in [0.15, 0.2) is 10.9 Å². The van der Waals surface area contributed by atoms with Gasteiger partial charge in [-0.25, -0.2) is 9.97 Å². The summed E-state index contributed by atoms with van der Waals surface area (Å²) >= 11 is 1.52. The number of nitrogens with one attached hydrogen (secondary N) is 1. The number of thioether (sulfide) groups is 1. The lowest BCUT2D eigenvalue weighted by molar-refractivity contribution is 0.0922. The van der Waals surface area contributed by atoms with E-state index in [1.54, 1.807) is 6.07 Å². The van der Waals surface area contributed by atoms with Gasteiger partial charge in [-0.1, -0.05) is 18.7 Å². The largest absolute Gasteiger partial charge is 0.455 e. The Morgan fingerprint density at radius 2 is 1.93 bits per heavy atom. The fraction of sp³-hybridized carbons (Fsp3) is 0.550. The highest BCUT2D eigenvalue weighted by molar-refractivity contribution is 7.98. The van der Waals surface area contributed by atoms with Crippen LogP contribution in [0.4, 0.5) is 5.82 Å². The van der Waals surface area contributed by atoms with E-state index in [4.69, 9.17) is 4.42 Å². The van der Waals surface area contributed by atoms with E-state index in [0.29, 0.717) is 18.1 Å². The molecule has 0 atom stereocenters. The molecule has 28 heavy (non-hydrogen) atoms. The quantitative estimate of drug-likeness (QED) is 0.455. The van der Waals surface area contributed by atoms with Crippen LogP contribution in [-0.4, -0.2) is 61.0 Å². The normalized spacial score (nSPS) is 11.1. The zero-order chi connectivity index (χ0) is 20.5. The lowest BCUT2D eigenvalue weighted by Gasteiger charge is -2.20. The van der Waals surface area contributed by atoms with Gasteiger partial charge in [0.2, 0.25) is 0 Å². The molecule has 1 N–H and O–H groups in total. The second-order valence-electron chi connectivity index (χ2n) is 6.64. The van der Waals surface area contributed by atoms with Crippen molar-refractivity contribution in [3.63, 3.8) is 0 Å². The zero-order valence-electron chi connectivity index (χ0n) is 17.5. The van der Waals surface area contributed by atoms with E-state index < -0.39 is 0 Å². The van der Waals surface area contributed by atoms with Gasteiger partial charge < -0.3 is 19.5 Å². The SMILES string of the molecule is CCc1cc(N(CC)CC)nc(SCc2ccc(C(=O)NCCN(C)C)o2)n1. The standard InChI is InChI=1S/C20H31N5O2S/c1-6-15-13-18(25(7-2)8-3)23-20(22-15)28-14-16-9-10-17(27-16)19(26)21-11-12-24(4)5/h9-10,13H,6-8,11-12,14H2,1-5H3,(H,21,26). The van der Waals surface area contributed by atoms with Gasteiger partial charge in [-0.2, -0.15) is 0 Å². The van der Waals surface area contributed by atoms with E-state index in [0.717, 1.165) is 48.5 Å². The Morgan fingerprint density at radius 1 is 1.18 bits per heavy atom. The van der Waals surface area contributed by atoms with Crippen LogP contribution < -0.4 is 10.2 Å². The highest BCUT2D eigenvalue weighted by atomic mass is 32.2. The number of carbonyl (C=O) groups is 1. The molecule has 0 radical (unpaired) electrons. The Balaban J connectivity index is 1.99. The number of nitrogens with zero attached hydrogens (tertiary/aromatic N) is 4. The molecule has 8 heteroatoms. The molecule has 0 aliphatic heterocycles. The first-order chi connectivity index (χ1) is 13.5.